The van der Waals surface area contributed by atoms with E-state index in [4.69, 9.17) is 0 Å². The molecule has 1 aliphatic heterocycles. The molecule has 1 saturated carbocycles. The highest BCUT2D eigenvalue weighted by molar-refractivity contribution is 4.93. The minimum Gasteiger partial charge on any atom is -0.314 e. The van der Waals surface area contributed by atoms with E-state index in [1.54, 1.807) is 0 Å². The average molecular weight is 266 g/mol. The third kappa shape index (κ3) is 3.72. The molecule has 2 nitrogen and oxygen atoms in total. The fourth-order valence-corrected chi connectivity index (χ4v) is 4.14. The number of likely N-dealkylation sites (tertiary alicyclic amines) is 1. The first kappa shape index (κ1) is 15.3. The van der Waals surface area contributed by atoms with Crippen LogP contribution in [0.4, 0.5) is 0 Å². The molecule has 0 bridgehead atoms. The van der Waals surface area contributed by atoms with Crippen molar-refractivity contribution in [2.24, 2.45) is 5.41 Å². The van der Waals surface area contributed by atoms with E-state index >= 15 is 0 Å². The van der Waals surface area contributed by atoms with Gasteiger partial charge in [0.15, 0.2) is 0 Å². The van der Waals surface area contributed by atoms with Gasteiger partial charge >= 0.3 is 0 Å². The summed E-state index contributed by atoms with van der Waals surface area (Å²) in [6, 6.07) is 1.65. The molecule has 2 unspecified atom stereocenters. The standard InChI is InChI=1S/C17H34N2/c1-4-11-18-15-8-7-9-16(13-15)19-12-10-17(5-2,6-3)14-19/h15-16,18H,4-14H2,1-3H3. The topological polar surface area (TPSA) is 15.3 Å². The van der Waals surface area contributed by atoms with Gasteiger partial charge in [-0.25, -0.2) is 0 Å². The molecule has 1 heterocycles. The fourth-order valence-electron chi connectivity index (χ4n) is 4.14. The molecule has 2 fully saturated rings. The zero-order valence-corrected chi connectivity index (χ0v) is 13.4. The number of hydrogen-bond acceptors (Lipinski definition) is 2. The maximum Gasteiger partial charge on any atom is 0.0110 e. The first-order chi connectivity index (χ1) is 9.23. The molecular weight excluding hydrogens is 232 g/mol. The lowest BCUT2D eigenvalue weighted by Gasteiger charge is -2.37. The second-order valence-corrected chi connectivity index (χ2v) is 6.90. The largest absolute Gasteiger partial charge is 0.314 e. The summed E-state index contributed by atoms with van der Waals surface area (Å²) in [6.07, 6.45) is 11.1. The number of rotatable bonds is 6. The van der Waals surface area contributed by atoms with E-state index < -0.39 is 0 Å². The van der Waals surface area contributed by atoms with Gasteiger partial charge in [-0.2, -0.15) is 0 Å². The monoisotopic (exact) mass is 266 g/mol. The second-order valence-electron chi connectivity index (χ2n) is 6.90. The molecular formula is C17H34N2. The van der Waals surface area contributed by atoms with E-state index in [2.05, 4.69) is 31.0 Å². The fraction of sp³-hybridized carbons (Fsp3) is 1.00. The highest BCUT2D eigenvalue weighted by Gasteiger charge is 2.38. The summed E-state index contributed by atoms with van der Waals surface area (Å²) in [4.78, 5) is 2.83. The van der Waals surface area contributed by atoms with Gasteiger partial charge in [0.05, 0.1) is 0 Å². The Balaban J connectivity index is 1.85. The van der Waals surface area contributed by atoms with Crippen molar-refractivity contribution in [2.75, 3.05) is 19.6 Å². The third-order valence-corrected chi connectivity index (χ3v) is 5.81. The van der Waals surface area contributed by atoms with Gasteiger partial charge in [-0.05, 0) is 63.5 Å². The molecule has 1 N–H and O–H groups in total. The van der Waals surface area contributed by atoms with Gasteiger partial charge in [0.25, 0.3) is 0 Å². The summed E-state index contributed by atoms with van der Waals surface area (Å²) >= 11 is 0. The Morgan fingerprint density at radius 1 is 1.16 bits per heavy atom. The first-order valence-corrected chi connectivity index (χ1v) is 8.70. The molecule has 2 aliphatic rings. The van der Waals surface area contributed by atoms with Gasteiger partial charge in [-0.15, -0.1) is 0 Å². The summed E-state index contributed by atoms with van der Waals surface area (Å²) in [5.41, 5.74) is 0.643. The number of nitrogens with one attached hydrogen (secondary N) is 1. The van der Waals surface area contributed by atoms with Crippen LogP contribution in [0.15, 0.2) is 0 Å². The zero-order valence-electron chi connectivity index (χ0n) is 13.4. The van der Waals surface area contributed by atoms with Crippen molar-refractivity contribution in [3.8, 4) is 0 Å². The van der Waals surface area contributed by atoms with Gasteiger partial charge in [0.2, 0.25) is 0 Å². The lowest BCUT2D eigenvalue weighted by molar-refractivity contribution is 0.145. The molecule has 2 rings (SSSR count). The van der Waals surface area contributed by atoms with Crippen molar-refractivity contribution >= 4 is 0 Å². The normalized spacial score (nSPS) is 31.7. The maximum atomic E-state index is 3.75. The molecule has 19 heavy (non-hydrogen) atoms. The molecule has 0 radical (unpaired) electrons. The molecule has 0 amide bonds. The van der Waals surface area contributed by atoms with E-state index in [1.165, 1.54) is 71.0 Å². The summed E-state index contributed by atoms with van der Waals surface area (Å²) in [5.74, 6) is 0. The van der Waals surface area contributed by atoms with Crippen LogP contribution >= 0.6 is 0 Å². The lowest BCUT2D eigenvalue weighted by Crippen LogP contribution is -2.44. The Labute approximate surface area is 120 Å². The van der Waals surface area contributed by atoms with Crippen molar-refractivity contribution in [3.63, 3.8) is 0 Å². The molecule has 0 aromatic carbocycles. The molecule has 2 atom stereocenters. The van der Waals surface area contributed by atoms with Gasteiger partial charge in [0.1, 0.15) is 0 Å². The van der Waals surface area contributed by atoms with Crippen molar-refractivity contribution in [2.45, 2.75) is 84.2 Å². The van der Waals surface area contributed by atoms with Crippen molar-refractivity contribution in [1.29, 1.82) is 0 Å². The Hall–Kier alpha value is -0.0800. The minimum absolute atomic E-state index is 0.643. The van der Waals surface area contributed by atoms with Crippen LogP contribution in [0.1, 0.15) is 72.1 Å². The molecule has 0 aromatic heterocycles. The highest BCUT2D eigenvalue weighted by atomic mass is 15.2. The minimum atomic E-state index is 0.643. The van der Waals surface area contributed by atoms with E-state index in [1.807, 2.05) is 0 Å². The van der Waals surface area contributed by atoms with Gasteiger partial charge in [-0.3, -0.25) is 4.90 Å². The van der Waals surface area contributed by atoms with Crippen LogP contribution in [-0.2, 0) is 0 Å². The predicted molar refractivity (Wildman–Crippen MR) is 83.5 cm³/mol. The van der Waals surface area contributed by atoms with E-state index in [9.17, 15) is 0 Å². The van der Waals surface area contributed by atoms with Crippen LogP contribution in [0.25, 0.3) is 0 Å². The molecule has 1 saturated heterocycles. The van der Waals surface area contributed by atoms with Crippen LogP contribution in [0, 0.1) is 5.41 Å². The predicted octanol–water partition coefficient (Wildman–Crippen LogP) is 3.81. The third-order valence-electron chi connectivity index (χ3n) is 5.81. The Morgan fingerprint density at radius 3 is 2.58 bits per heavy atom. The Kier molecular flexibility index (Phi) is 5.70. The van der Waals surface area contributed by atoms with E-state index in [-0.39, 0.29) is 0 Å². The van der Waals surface area contributed by atoms with E-state index in [0.717, 1.165) is 12.1 Å². The summed E-state index contributed by atoms with van der Waals surface area (Å²) < 4.78 is 0. The van der Waals surface area contributed by atoms with Gasteiger partial charge in [0, 0.05) is 18.6 Å². The number of nitrogens with zero attached hydrogens (tertiary/aromatic N) is 1. The van der Waals surface area contributed by atoms with Crippen LogP contribution in [0.5, 0.6) is 0 Å². The molecule has 2 heteroatoms. The van der Waals surface area contributed by atoms with Crippen LogP contribution in [0.2, 0.25) is 0 Å². The van der Waals surface area contributed by atoms with Gasteiger partial charge in [-0.1, -0.05) is 27.2 Å². The highest BCUT2D eigenvalue weighted by Crippen LogP contribution is 2.39. The number of hydrogen-bond donors (Lipinski definition) is 1. The van der Waals surface area contributed by atoms with Gasteiger partial charge < -0.3 is 5.32 Å². The zero-order chi connectivity index (χ0) is 13.7. The summed E-state index contributed by atoms with van der Waals surface area (Å²) in [6.45, 7) is 11.0. The SMILES string of the molecule is CCCNC1CCCC(N2CCC(CC)(CC)C2)C1. The second kappa shape index (κ2) is 7.08. The van der Waals surface area contributed by atoms with E-state index in [0.29, 0.717) is 5.41 Å². The Morgan fingerprint density at radius 2 is 1.95 bits per heavy atom. The first-order valence-electron chi connectivity index (χ1n) is 8.70. The lowest BCUT2D eigenvalue weighted by atomic mass is 9.81. The van der Waals surface area contributed by atoms with Crippen molar-refractivity contribution in [3.05, 3.63) is 0 Å². The maximum absolute atomic E-state index is 3.75. The van der Waals surface area contributed by atoms with Crippen LogP contribution in [-0.4, -0.2) is 36.6 Å². The van der Waals surface area contributed by atoms with Crippen molar-refractivity contribution in [1.82, 2.24) is 10.2 Å². The van der Waals surface area contributed by atoms with Crippen molar-refractivity contribution < 1.29 is 0 Å². The molecule has 0 spiro atoms. The Bertz CT molecular complexity index is 260. The molecule has 0 aromatic rings. The summed E-state index contributed by atoms with van der Waals surface area (Å²) in [7, 11) is 0. The quantitative estimate of drug-likeness (QED) is 0.786. The molecule has 1 aliphatic carbocycles. The average Bonchev–Trinajstić information content (AvgIpc) is 2.91. The van der Waals surface area contributed by atoms with Crippen LogP contribution in [0.3, 0.4) is 0 Å². The smallest absolute Gasteiger partial charge is 0.0110 e. The molecule has 112 valence electrons. The summed E-state index contributed by atoms with van der Waals surface area (Å²) in [5, 5.41) is 3.75. The van der Waals surface area contributed by atoms with Crippen LogP contribution < -0.4 is 5.32 Å².